The molecule has 0 aromatic heterocycles. The second-order valence-corrected chi connectivity index (χ2v) is 6.26. The first-order valence-corrected chi connectivity index (χ1v) is 8.63. The van der Waals surface area contributed by atoms with Gasteiger partial charge >= 0.3 is 9.07 Å². The molecule has 1 heterocycles. The van der Waals surface area contributed by atoms with E-state index in [4.69, 9.17) is 20.2 Å². The van der Waals surface area contributed by atoms with Gasteiger partial charge in [-0.25, -0.2) is 0 Å². The molecule has 88 valence electrons. The van der Waals surface area contributed by atoms with Crippen LogP contribution in [0.3, 0.4) is 0 Å². The maximum absolute atomic E-state index is 5.46. The van der Waals surface area contributed by atoms with Crippen LogP contribution in [0.5, 0.6) is 5.75 Å². The molecule has 1 aromatic rings. The Bertz CT molecular complexity index is 361. The fraction of sp³-hybridized carbons (Fsp3) is 0.333. The fourth-order valence-corrected chi connectivity index (χ4v) is 2.73. The molecule has 1 aromatic carbocycles. The molecule has 1 aliphatic heterocycles. The van der Waals surface area contributed by atoms with Crippen molar-refractivity contribution in [3.05, 3.63) is 25.6 Å². The third kappa shape index (κ3) is 5.06. The van der Waals surface area contributed by atoms with E-state index in [-0.39, 0.29) is 9.07 Å². The minimum Gasteiger partial charge on any atom is -0.526 e. The first-order valence-electron chi connectivity index (χ1n) is 4.33. The zero-order chi connectivity index (χ0) is 12.1. The number of ether oxygens (including phenoxy) is 1. The number of rotatable bonds is 2. The molecule has 7 heteroatoms. The predicted octanol–water partition coefficient (Wildman–Crippen LogP) is 4.53. The van der Waals surface area contributed by atoms with Crippen LogP contribution < -0.4 is 4.43 Å². The molecule has 0 N–H and O–H groups in total. The van der Waals surface area contributed by atoms with E-state index in [2.05, 4.69) is 54.7 Å². The van der Waals surface area contributed by atoms with Crippen LogP contribution >= 0.6 is 58.9 Å². The molecule has 0 saturated carbocycles. The van der Waals surface area contributed by atoms with Crippen LogP contribution in [0.4, 0.5) is 0 Å². The smallest absolute Gasteiger partial charge is 0.440 e. The summed E-state index contributed by atoms with van der Waals surface area (Å²) in [6.45, 7) is 3.04. The summed E-state index contributed by atoms with van der Waals surface area (Å²) in [5.41, 5.74) is 0. The van der Waals surface area contributed by atoms with Gasteiger partial charge in [-0.3, -0.25) is 0 Å². The van der Waals surface area contributed by atoms with Gasteiger partial charge in [0.15, 0.2) is 0 Å². The molecule has 16 heavy (non-hydrogen) atoms. The molecular weight excluding hydrogens is 443 g/mol. The molecular formula is C9H8Br3ClO2Si. The maximum Gasteiger partial charge on any atom is 0.440 e. The van der Waals surface area contributed by atoms with E-state index in [1.54, 1.807) is 0 Å². The highest BCUT2D eigenvalue weighted by Gasteiger charge is 2.13. The van der Waals surface area contributed by atoms with Gasteiger partial charge in [0.25, 0.3) is 0 Å². The summed E-state index contributed by atoms with van der Waals surface area (Å²) in [4.78, 5) is 0. The van der Waals surface area contributed by atoms with Gasteiger partial charge in [0, 0.05) is 8.95 Å². The Morgan fingerprint density at radius 1 is 1.38 bits per heavy atom. The lowest BCUT2D eigenvalue weighted by Crippen LogP contribution is -1.94. The van der Waals surface area contributed by atoms with Crippen molar-refractivity contribution in [3.63, 3.8) is 0 Å². The van der Waals surface area contributed by atoms with Crippen LogP contribution in [-0.2, 0) is 4.74 Å². The zero-order valence-electron chi connectivity index (χ0n) is 8.27. The summed E-state index contributed by atoms with van der Waals surface area (Å²) >= 11 is 15.6. The Hall–Kier alpha value is 0.927. The Balaban J connectivity index is 0.000000267. The molecule has 0 amide bonds. The lowest BCUT2D eigenvalue weighted by atomic mass is 10.3. The molecule has 0 aliphatic carbocycles. The third-order valence-corrected chi connectivity index (χ3v) is 5.51. The van der Waals surface area contributed by atoms with Crippen molar-refractivity contribution >= 4 is 67.9 Å². The molecule has 0 spiro atoms. The second kappa shape index (κ2) is 7.38. The largest absolute Gasteiger partial charge is 0.526 e. The topological polar surface area (TPSA) is 21.8 Å². The number of hydrogen-bond donors (Lipinski definition) is 0. The van der Waals surface area contributed by atoms with Crippen LogP contribution in [0, 0.1) is 0 Å². The normalized spacial score (nSPS) is 17.4. The molecule has 2 nitrogen and oxygen atoms in total. The summed E-state index contributed by atoms with van der Waals surface area (Å²) in [7, 11) is -0.0692. The highest BCUT2D eigenvalue weighted by Crippen LogP contribution is 2.37. The number of hydrogen-bond acceptors (Lipinski definition) is 2. The summed E-state index contributed by atoms with van der Waals surface area (Å²) in [5.74, 6) is 0.735. The van der Waals surface area contributed by atoms with Crippen LogP contribution in [0.25, 0.3) is 0 Å². The first-order chi connectivity index (χ1) is 7.56. The molecule has 1 unspecified atom stereocenters. The second-order valence-electron chi connectivity index (χ2n) is 3.00. The Morgan fingerprint density at radius 3 is 2.38 bits per heavy atom. The standard InChI is InChI=1S/C6H2Br3ClOSi.C3H6O/c7-3-1-2-4(11-12-10)6(9)5(3)8;1-3-2-4-3/h1-2H;3H,2H2,1H3. The van der Waals surface area contributed by atoms with Gasteiger partial charge in [-0.05, 0) is 66.8 Å². The van der Waals surface area contributed by atoms with Crippen molar-refractivity contribution < 1.29 is 9.16 Å². The highest BCUT2D eigenvalue weighted by molar-refractivity contribution is 9.14. The summed E-state index contributed by atoms with van der Waals surface area (Å²) in [6.07, 6.45) is 0.583. The molecule has 0 bridgehead atoms. The fourth-order valence-electron chi connectivity index (χ4n) is 0.725. The monoisotopic (exact) mass is 448 g/mol. The summed E-state index contributed by atoms with van der Waals surface area (Å²) in [6, 6.07) is 3.73. The number of benzene rings is 1. The highest BCUT2D eigenvalue weighted by atomic mass is 79.9. The lowest BCUT2D eigenvalue weighted by Gasteiger charge is -2.06. The minimum atomic E-state index is -0.0692. The van der Waals surface area contributed by atoms with Crippen molar-refractivity contribution in [1.82, 2.24) is 0 Å². The van der Waals surface area contributed by atoms with Crippen molar-refractivity contribution in [1.29, 1.82) is 0 Å². The van der Waals surface area contributed by atoms with Crippen LogP contribution in [0.2, 0.25) is 0 Å². The van der Waals surface area contributed by atoms with E-state index < -0.39 is 0 Å². The van der Waals surface area contributed by atoms with E-state index in [0.717, 1.165) is 25.8 Å². The van der Waals surface area contributed by atoms with Crippen LogP contribution in [0.1, 0.15) is 6.92 Å². The van der Waals surface area contributed by atoms with Gasteiger partial charge in [-0.15, -0.1) is 11.1 Å². The van der Waals surface area contributed by atoms with Gasteiger partial charge < -0.3 is 9.16 Å². The van der Waals surface area contributed by atoms with Gasteiger partial charge in [-0.1, -0.05) is 0 Å². The molecule has 1 atom stereocenters. The average Bonchev–Trinajstić information content (AvgIpc) is 3.03. The summed E-state index contributed by atoms with van der Waals surface area (Å²) in [5, 5.41) is 0. The van der Waals surface area contributed by atoms with Gasteiger partial charge in [0.2, 0.25) is 0 Å². The number of epoxide rings is 1. The Morgan fingerprint density at radius 2 is 1.94 bits per heavy atom. The minimum absolute atomic E-state index is 0.0692. The van der Waals surface area contributed by atoms with Gasteiger partial charge in [0.05, 0.1) is 17.2 Å². The molecule has 1 aliphatic rings. The third-order valence-electron chi connectivity index (χ3n) is 1.65. The van der Waals surface area contributed by atoms with Crippen molar-refractivity contribution in [2.24, 2.45) is 0 Å². The average molecular weight is 451 g/mol. The Labute approximate surface area is 127 Å². The van der Waals surface area contributed by atoms with E-state index in [1.165, 1.54) is 0 Å². The predicted molar refractivity (Wildman–Crippen MR) is 77.2 cm³/mol. The SMILES string of the molecule is CC1CO1.Cl[Si]Oc1ccc(Br)c(Br)c1Br. The van der Waals surface area contributed by atoms with E-state index in [0.29, 0.717) is 6.10 Å². The summed E-state index contributed by atoms with van der Waals surface area (Å²) < 4.78 is 12.6. The van der Waals surface area contributed by atoms with Gasteiger partial charge in [0.1, 0.15) is 5.75 Å². The molecule has 1 saturated heterocycles. The molecule has 1 fully saturated rings. The van der Waals surface area contributed by atoms with Crippen LogP contribution in [0.15, 0.2) is 25.6 Å². The quantitative estimate of drug-likeness (QED) is 0.285. The lowest BCUT2D eigenvalue weighted by molar-refractivity contribution is 0.423. The van der Waals surface area contributed by atoms with Gasteiger partial charge in [-0.2, -0.15) is 0 Å². The van der Waals surface area contributed by atoms with E-state index in [1.807, 2.05) is 12.1 Å². The van der Waals surface area contributed by atoms with E-state index in [9.17, 15) is 0 Å². The van der Waals surface area contributed by atoms with E-state index >= 15 is 0 Å². The van der Waals surface area contributed by atoms with Crippen LogP contribution in [-0.4, -0.2) is 21.8 Å². The maximum atomic E-state index is 5.46. The van der Waals surface area contributed by atoms with Crippen molar-refractivity contribution in [2.75, 3.05) is 6.61 Å². The number of halogens is 4. The Kier molecular flexibility index (Phi) is 6.91. The van der Waals surface area contributed by atoms with Crippen molar-refractivity contribution in [3.8, 4) is 5.75 Å². The zero-order valence-corrected chi connectivity index (χ0v) is 14.8. The first kappa shape index (κ1) is 15.0. The molecule has 2 rings (SSSR count). The molecule has 2 radical (unpaired) electrons. The van der Waals surface area contributed by atoms with Crippen molar-refractivity contribution in [2.45, 2.75) is 13.0 Å².